The third-order valence-corrected chi connectivity index (χ3v) is 3.60. The number of hydrogen-bond acceptors (Lipinski definition) is 6. The molecule has 7 nitrogen and oxygen atoms in total. The number of oxazole rings is 1. The molecule has 1 unspecified atom stereocenters. The van der Waals surface area contributed by atoms with E-state index in [-0.39, 0.29) is 5.89 Å². The number of aliphatic hydroxyl groups is 1. The van der Waals surface area contributed by atoms with E-state index in [1.807, 2.05) is 39.0 Å². The maximum Gasteiger partial charge on any atom is 0.407 e. The summed E-state index contributed by atoms with van der Waals surface area (Å²) in [5.74, 6) is 0.237. The number of ether oxygens (including phenoxy) is 1. The van der Waals surface area contributed by atoms with Crippen molar-refractivity contribution in [1.29, 1.82) is 0 Å². The van der Waals surface area contributed by atoms with Crippen molar-refractivity contribution in [3.63, 3.8) is 0 Å². The number of carbonyl (C=O) groups excluding carboxylic acids is 1. The van der Waals surface area contributed by atoms with Gasteiger partial charge in [0.1, 0.15) is 17.2 Å². The molecule has 1 aromatic heterocycles. The second-order valence-electron chi connectivity index (χ2n) is 7.05. The van der Waals surface area contributed by atoms with Crippen LogP contribution >= 0.6 is 0 Å². The van der Waals surface area contributed by atoms with Gasteiger partial charge in [0, 0.05) is 12.6 Å². The number of rotatable bonds is 7. The molecular weight excluding hydrogens is 322 g/mol. The van der Waals surface area contributed by atoms with Crippen molar-refractivity contribution >= 4 is 17.2 Å². The fourth-order valence-corrected chi connectivity index (χ4v) is 2.37. The molecule has 0 radical (unpaired) electrons. The highest BCUT2D eigenvalue weighted by Crippen LogP contribution is 2.23. The van der Waals surface area contributed by atoms with E-state index in [9.17, 15) is 9.90 Å². The zero-order valence-electron chi connectivity index (χ0n) is 15.0. The lowest BCUT2D eigenvalue weighted by molar-refractivity contribution is 0.0526. The maximum atomic E-state index is 11.5. The molecule has 1 heterocycles. The van der Waals surface area contributed by atoms with E-state index in [0.717, 1.165) is 12.8 Å². The van der Waals surface area contributed by atoms with E-state index in [1.54, 1.807) is 6.07 Å². The molecule has 4 N–H and O–H groups in total. The minimum Gasteiger partial charge on any atom is -0.444 e. The average molecular weight is 349 g/mol. The first kappa shape index (κ1) is 19.2. The zero-order valence-corrected chi connectivity index (χ0v) is 15.0. The summed E-state index contributed by atoms with van der Waals surface area (Å²) in [6, 6.07) is 6.85. The minimum absolute atomic E-state index is 0.237. The Kier molecular flexibility index (Phi) is 6.39. The Morgan fingerprint density at radius 2 is 2.08 bits per heavy atom. The van der Waals surface area contributed by atoms with Crippen molar-refractivity contribution < 1.29 is 19.1 Å². The van der Waals surface area contributed by atoms with Crippen LogP contribution in [0, 0.1) is 0 Å². The van der Waals surface area contributed by atoms with Crippen molar-refractivity contribution in [3.8, 4) is 0 Å². The van der Waals surface area contributed by atoms with Gasteiger partial charge in [-0.05, 0) is 45.7 Å². The fourth-order valence-electron chi connectivity index (χ4n) is 2.37. The number of alkyl carbamates (subject to hydrolysis) is 1. The molecule has 138 valence electrons. The van der Waals surface area contributed by atoms with Gasteiger partial charge in [0.05, 0.1) is 0 Å². The van der Waals surface area contributed by atoms with Crippen LogP contribution in [-0.4, -0.2) is 34.4 Å². The van der Waals surface area contributed by atoms with Crippen LogP contribution in [0.4, 0.5) is 4.79 Å². The molecule has 0 fully saturated rings. The number of fused-ring (bicyclic) bond motifs is 1. The zero-order chi connectivity index (χ0) is 18.4. The molecule has 0 bridgehead atoms. The molecule has 7 heteroatoms. The van der Waals surface area contributed by atoms with Crippen LogP contribution in [0.15, 0.2) is 28.7 Å². The van der Waals surface area contributed by atoms with E-state index in [0.29, 0.717) is 24.1 Å². The van der Waals surface area contributed by atoms with Gasteiger partial charge < -0.3 is 25.3 Å². The van der Waals surface area contributed by atoms with Gasteiger partial charge in [0.15, 0.2) is 5.58 Å². The van der Waals surface area contributed by atoms with E-state index in [4.69, 9.17) is 14.9 Å². The number of aliphatic hydroxyl groups excluding tert-OH is 1. The first-order valence-corrected chi connectivity index (χ1v) is 8.52. The number of nitrogens with two attached hydrogens (primary N) is 1. The molecule has 25 heavy (non-hydrogen) atoms. The summed E-state index contributed by atoms with van der Waals surface area (Å²) in [5.41, 5.74) is 6.86. The highest BCUT2D eigenvalue weighted by Gasteiger charge is 2.22. The summed E-state index contributed by atoms with van der Waals surface area (Å²) in [6.07, 6.45) is 0.715. The predicted octanol–water partition coefficient (Wildman–Crippen LogP) is 2.88. The number of benzene rings is 1. The lowest BCUT2D eigenvalue weighted by Gasteiger charge is -2.20. The molecule has 2 aromatic rings. The number of aromatic nitrogens is 1. The molecule has 0 aliphatic heterocycles. The molecule has 0 aliphatic rings. The lowest BCUT2D eigenvalue weighted by atomic mass is 10.0. The third-order valence-electron chi connectivity index (χ3n) is 3.60. The molecule has 0 saturated heterocycles. The third kappa shape index (κ3) is 6.03. The summed E-state index contributed by atoms with van der Waals surface area (Å²) >= 11 is 0. The summed E-state index contributed by atoms with van der Waals surface area (Å²) < 4.78 is 10.7. The normalized spacial score (nSPS) is 14.3. The number of nitrogens with one attached hydrogen (secondary N) is 1. The lowest BCUT2D eigenvalue weighted by Crippen LogP contribution is -2.33. The van der Waals surface area contributed by atoms with Gasteiger partial charge in [-0.3, -0.25) is 0 Å². The Balaban J connectivity index is 1.71. The van der Waals surface area contributed by atoms with Gasteiger partial charge in [0.2, 0.25) is 5.89 Å². The Morgan fingerprint density at radius 1 is 1.36 bits per heavy atom. The van der Waals surface area contributed by atoms with Crippen molar-refractivity contribution in [3.05, 3.63) is 30.2 Å². The van der Waals surface area contributed by atoms with Crippen LogP contribution in [0.25, 0.3) is 11.1 Å². The smallest absolute Gasteiger partial charge is 0.407 e. The number of para-hydroxylation sites is 2. The van der Waals surface area contributed by atoms with Crippen molar-refractivity contribution in [2.45, 2.75) is 57.8 Å². The van der Waals surface area contributed by atoms with E-state index >= 15 is 0 Å². The van der Waals surface area contributed by atoms with Crippen molar-refractivity contribution in [2.24, 2.45) is 5.73 Å². The Bertz CT molecular complexity index is 660. The molecule has 0 spiro atoms. The molecule has 2 rings (SSSR count). The number of unbranched alkanes of at least 4 members (excludes halogenated alkanes) is 1. The maximum absolute atomic E-state index is 11.5. The van der Waals surface area contributed by atoms with Gasteiger partial charge in [-0.15, -0.1) is 0 Å². The second kappa shape index (κ2) is 8.31. The highest BCUT2D eigenvalue weighted by atomic mass is 16.6. The monoisotopic (exact) mass is 349 g/mol. The largest absolute Gasteiger partial charge is 0.444 e. The number of hydrogen-bond donors (Lipinski definition) is 3. The molecule has 0 saturated carbocycles. The number of amides is 1. The van der Waals surface area contributed by atoms with Crippen LogP contribution in [0.2, 0.25) is 0 Å². The van der Waals surface area contributed by atoms with Crippen LogP contribution in [0.3, 0.4) is 0 Å². The highest BCUT2D eigenvalue weighted by molar-refractivity contribution is 5.72. The van der Waals surface area contributed by atoms with Crippen molar-refractivity contribution in [1.82, 2.24) is 10.3 Å². The molecule has 1 amide bonds. The van der Waals surface area contributed by atoms with Gasteiger partial charge in [0.25, 0.3) is 0 Å². The first-order chi connectivity index (χ1) is 11.8. The summed E-state index contributed by atoms with van der Waals surface area (Å²) in [5, 5.41) is 13.0. The Hall–Kier alpha value is -2.12. The van der Waals surface area contributed by atoms with Crippen LogP contribution in [-0.2, 0) is 4.74 Å². The second-order valence-corrected chi connectivity index (χ2v) is 7.05. The molecule has 1 aromatic carbocycles. The van der Waals surface area contributed by atoms with Crippen LogP contribution in [0.1, 0.15) is 52.0 Å². The molecule has 0 aliphatic carbocycles. The Morgan fingerprint density at radius 3 is 2.76 bits per heavy atom. The van der Waals surface area contributed by atoms with Crippen LogP contribution < -0.4 is 11.1 Å². The topological polar surface area (TPSA) is 111 Å². The summed E-state index contributed by atoms with van der Waals surface area (Å²) in [7, 11) is 0. The standard InChI is InChI=1S/C18H27N3O4/c1-18(2,3)25-17(23)20-11-7-6-8-12(19)15(22)16-21-13-9-4-5-10-14(13)24-16/h4-5,9-10,12,15,22H,6-8,11,19H2,1-3H3,(H,20,23)/t12-,15?/m0/s1. The van der Waals surface area contributed by atoms with Crippen molar-refractivity contribution in [2.75, 3.05) is 6.54 Å². The van der Waals surface area contributed by atoms with Gasteiger partial charge in [-0.2, -0.15) is 0 Å². The first-order valence-electron chi connectivity index (χ1n) is 8.52. The van der Waals surface area contributed by atoms with Crippen LogP contribution in [0.5, 0.6) is 0 Å². The number of carbonyl (C=O) groups is 1. The average Bonchev–Trinajstić information content (AvgIpc) is 2.95. The van der Waals surface area contributed by atoms with E-state index in [2.05, 4.69) is 10.3 Å². The number of nitrogens with zero attached hydrogens (tertiary/aromatic N) is 1. The minimum atomic E-state index is -0.953. The van der Waals surface area contributed by atoms with E-state index < -0.39 is 23.8 Å². The van der Waals surface area contributed by atoms with Gasteiger partial charge >= 0.3 is 6.09 Å². The Labute approximate surface area is 147 Å². The molecule has 2 atom stereocenters. The summed E-state index contributed by atoms with van der Waals surface area (Å²) in [4.78, 5) is 15.8. The molecular formula is C18H27N3O4. The van der Waals surface area contributed by atoms with Gasteiger partial charge in [-0.1, -0.05) is 18.6 Å². The fraction of sp³-hybridized carbons (Fsp3) is 0.556. The summed E-state index contributed by atoms with van der Waals surface area (Å²) in [6.45, 7) is 5.96. The SMILES string of the molecule is CC(C)(C)OC(=O)NCCCC[C@H](N)C(O)c1nc2ccccc2o1. The predicted molar refractivity (Wildman–Crippen MR) is 95.0 cm³/mol. The van der Waals surface area contributed by atoms with Gasteiger partial charge in [-0.25, -0.2) is 9.78 Å². The van der Waals surface area contributed by atoms with E-state index in [1.165, 1.54) is 0 Å². The quantitative estimate of drug-likeness (QED) is 0.663.